The molecule has 1 N–H and O–H groups in total. The number of hydrogen-bond donors (Lipinski definition) is 1. The van der Waals surface area contributed by atoms with Crippen molar-refractivity contribution in [3.05, 3.63) is 29.8 Å². The third kappa shape index (κ3) is 3.28. The number of rotatable bonds is 5. The number of nitrogens with one attached hydrogen (secondary N) is 1. The van der Waals surface area contributed by atoms with E-state index in [0.717, 1.165) is 10.5 Å². The number of nitrogens with zero attached hydrogens (tertiary/aromatic N) is 2. The highest BCUT2D eigenvalue weighted by Gasteiger charge is 2.48. The molecule has 0 bridgehead atoms. The lowest BCUT2D eigenvalue weighted by Gasteiger charge is -2.23. The SMILES string of the molecule is COc1ccccc1C[C@]1(C)NC(=O)N(CC(=O)N(C)C)C1=O. The van der Waals surface area contributed by atoms with Crippen LogP contribution in [0.5, 0.6) is 5.75 Å². The van der Waals surface area contributed by atoms with Crippen molar-refractivity contribution < 1.29 is 19.1 Å². The molecule has 0 aliphatic carbocycles. The molecule has 0 spiro atoms. The Morgan fingerprint density at radius 1 is 1.30 bits per heavy atom. The van der Waals surface area contributed by atoms with Crippen LogP contribution in [0.1, 0.15) is 12.5 Å². The summed E-state index contributed by atoms with van der Waals surface area (Å²) in [7, 11) is 4.71. The van der Waals surface area contributed by atoms with Crippen molar-refractivity contribution >= 4 is 17.8 Å². The van der Waals surface area contributed by atoms with E-state index in [2.05, 4.69) is 5.32 Å². The van der Waals surface area contributed by atoms with Gasteiger partial charge in [0, 0.05) is 20.5 Å². The first-order chi connectivity index (χ1) is 10.8. The van der Waals surface area contributed by atoms with E-state index in [4.69, 9.17) is 4.74 Å². The van der Waals surface area contributed by atoms with Crippen molar-refractivity contribution in [3.63, 3.8) is 0 Å². The van der Waals surface area contributed by atoms with Gasteiger partial charge in [0.05, 0.1) is 7.11 Å². The minimum absolute atomic E-state index is 0.265. The van der Waals surface area contributed by atoms with Crippen molar-refractivity contribution in [1.82, 2.24) is 15.1 Å². The van der Waals surface area contributed by atoms with Crippen LogP contribution in [0.15, 0.2) is 24.3 Å². The first-order valence-corrected chi connectivity index (χ1v) is 7.24. The number of carbonyl (C=O) groups is 3. The molecule has 1 aromatic carbocycles. The molecule has 1 aromatic rings. The van der Waals surface area contributed by atoms with E-state index in [9.17, 15) is 14.4 Å². The molecular formula is C16H21N3O4. The highest BCUT2D eigenvalue weighted by atomic mass is 16.5. The Balaban J connectivity index is 2.21. The van der Waals surface area contributed by atoms with Crippen LogP contribution in [0.2, 0.25) is 0 Å². The average molecular weight is 319 g/mol. The minimum Gasteiger partial charge on any atom is -0.496 e. The smallest absolute Gasteiger partial charge is 0.325 e. The molecule has 7 heteroatoms. The van der Waals surface area contributed by atoms with Gasteiger partial charge in [-0.2, -0.15) is 0 Å². The van der Waals surface area contributed by atoms with Gasteiger partial charge in [0.1, 0.15) is 17.8 Å². The number of urea groups is 1. The highest BCUT2D eigenvalue weighted by molar-refractivity contribution is 6.08. The minimum atomic E-state index is -1.10. The third-order valence-corrected chi connectivity index (χ3v) is 3.87. The number of amides is 4. The Hall–Kier alpha value is -2.57. The van der Waals surface area contributed by atoms with E-state index in [1.807, 2.05) is 18.2 Å². The highest BCUT2D eigenvalue weighted by Crippen LogP contribution is 2.27. The molecule has 124 valence electrons. The molecule has 1 saturated heterocycles. The third-order valence-electron chi connectivity index (χ3n) is 3.87. The van der Waals surface area contributed by atoms with Crippen molar-refractivity contribution in [2.75, 3.05) is 27.7 Å². The van der Waals surface area contributed by atoms with Crippen molar-refractivity contribution in [2.24, 2.45) is 0 Å². The molecule has 1 aliphatic heterocycles. The van der Waals surface area contributed by atoms with Gasteiger partial charge >= 0.3 is 6.03 Å². The van der Waals surface area contributed by atoms with Gasteiger partial charge in [-0.25, -0.2) is 4.79 Å². The molecule has 0 saturated carbocycles. The second kappa shape index (κ2) is 6.28. The molecule has 1 atom stereocenters. The average Bonchev–Trinajstić information content (AvgIpc) is 2.71. The molecule has 7 nitrogen and oxygen atoms in total. The van der Waals surface area contributed by atoms with Crippen LogP contribution in [0.25, 0.3) is 0 Å². The predicted molar refractivity (Wildman–Crippen MR) is 84.0 cm³/mol. The fourth-order valence-electron chi connectivity index (χ4n) is 2.52. The first-order valence-electron chi connectivity index (χ1n) is 7.24. The van der Waals surface area contributed by atoms with E-state index < -0.39 is 17.5 Å². The zero-order valence-electron chi connectivity index (χ0n) is 13.8. The van der Waals surface area contributed by atoms with Crippen LogP contribution in [0.4, 0.5) is 4.79 Å². The van der Waals surface area contributed by atoms with E-state index in [0.29, 0.717) is 5.75 Å². The number of benzene rings is 1. The zero-order valence-corrected chi connectivity index (χ0v) is 13.8. The molecule has 1 heterocycles. The lowest BCUT2D eigenvalue weighted by atomic mass is 9.92. The molecular weight excluding hydrogens is 298 g/mol. The quantitative estimate of drug-likeness (QED) is 0.808. The first kappa shape index (κ1) is 16.8. The molecule has 0 radical (unpaired) electrons. The van der Waals surface area contributed by atoms with Crippen LogP contribution in [-0.4, -0.2) is 60.9 Å². The maximum absolute atomic E-state index is 12.6. The molecule has 1 aliphatic rings. The number of likely N-dealkylation sites (N-methyl/N-ethyl adjacent to an activating group) is 1. The molecule has 4 amide bonds. The maximum Gasteiger partial charge on any atom is 0.325 e. The fourth-order valence-corrected chi connectivity index (χ4v) is 2.52. The van der Waals surface area contributed by atoms with E-state index >= 15 is 0 Å². The normalized spacial score (nSPS) is 20.4. The summed E-state index contributed by atoms with van der Waals surface area (Å²) < 4.78 is 5.29. The summed E-state index contributed by atoms with van der Waals surface area (Å²) in [5.41, 5.74) is -0.287. The molecule has 0 aromatic heterocycles. The summed E-state index contributed by atoms with van der Waals surface area (Å²) in [6.07, 6.45) is 0.286. The van der Waals surface area contributed by atoms with E-state index in [-0.39, 0.29) is 18.9 Å². The Bertz CT molecular complexity index is 644. The number of carbonyl (C=O) groups excluding carboxylic acids is 3. The Morgan fingerprint density at radius 2 is 1.96 bits per heavy atom. The second-order valence-electron chi connectivity index (χ2n) is 5.93. The lowest BCUT2D eigenvalue weighted by molar-refractivity contribution is -0.137. The predicted octanol–water partition coefficient (Wildman–Crippen LogP) is 0.636. The lowest BCUT2D eigenvalue weighted by Crippen LogP contribution is -2.46. The monoisotopic (exact) mass is 319 g/mol. The summed E-state index contributed by atoms with van der Waals surface area (Å²) in [6, 6.07) is 6.77. The van der Waals surface area contributed by atoms with E-state index in [1.54, 1.807) is 34.2 Å². The summed E-state index contributed by atoms with van der Waals surface area (Å²) in [5, 5.41) is 2.69. The summed E-state index contributed by atoms with van der Waals surface area (Å²) >= 11 is 0. The number of ether oxygens (including phenoxy) is 1. The number of methoxy groups -OCH3 is 1. The number of hydrogen-bond acceptors (Lipinski definition) is 4. The zero-order chi connectivity index (χ0) is 17.2. The Morgan fingerprint density at radius 3 is 2.57 bits per heavy atom. The van der Waals surface area contributed by atoms with Gasteiger partial charge in [-0.05, 0) is 18.6 Å². The summed E-state index contributed by atoms with van der Waals surface area (Å²) in [4.78, 5) is 38.8. The Kier molecular flexibility index (Phi) is 4.58. The van der Waals surface area contributed by atoms with Crippen LogP contribution in [0.3, 0.4) is 0 Å². The summed E-state index contributed by atoms with van der Waals surface area (Å²) in [5.74, 6) is -0.0720. The van der Waals surface area contributed by atoms with Gasteiger partial charge in [0.2, 0.25) is 5.91 Å². The van der Waals surface area contributed by atoms with Crippen molar-refractivity contribution in [3.8, 4) is 5.75 Å². The van der Waals surface area contributed by atoms with Crippen LogP contribution < -0.4 is 10.1 Å². The van der Waals surface area contributed by atoms with Crippen molar-refractivity contribution in [1.29, 1.82) is 0 Å². The fraction of sp³-hybridized carbons (Fsp3) is 0.438. The van der Waals surface area contributed by atoms with Gasteiger partial charge in [-0.3, -0.25) is 14.5 Å². The van der Waals surface area contributed by atoms with E-state index in [1.165, 1.54) is 4.90 Å². The van der Waals surface area contributed by atoms with Gasteiger partial charge in [-0.1, -0.05) is 18.2 Å². The van der Waals surface area contributed by atoms with Crippen LogP contribution in [-0.2, 0) is 16.0 Å². The van der Waals surface area contributed by atoms with Gasteiger partial charge in [0.15, 0.2) is 0 Å². The molecule has 1 fully saturated rings. The second-order valence-corrected chi connectivity index (χ2v) is 5.93. The molecule has 2 rings (SSSR count). The molecule has 23 heavy (non-hydrogen) atoms. The largest absolute Gasteiger partial charge is 0.496 e. The maximum atomic E-state index is 12.6. The molecule has 0 unspecified atom stereocenters. The number of imide groups is 1. The van der Waals surface area contributed by atoms with Gasteiger partial charge in [0.25, 0.3) is 5.91 Å². The van der Waals surface area contributed by atoms with Crippen molar-refractivity contribution in [2.45, 2.75) is 18.9 Å². The topological polar surface area (TPSA) is 79.0 Å². The van der Waals surface area contributed by atoms with Gasteiger partial charge < -0.3 is 15.0 Å². The Labute approximate surface area is 135 Å². The summed E-state index contributed by atoms with van der Waals surface area (Å²) in [6.45, 7) is 1.39. The number of para-hydroxylation sites is 1. The van der Waals surface area contributed by atoms with Crippen LogP contribution >= 0.6 is 0 Å². The van der Waals surface area contributed by atoms with Gasteiger partial charge in [-0.15, -0.1) is 0 Å². The standard InChI is InChI=1S/C16H21N3O4/c1-16(9-11-7-5-6-8-12(11)23-4)14(21)19(15(22)17-16)10-13(20)18(2)3/h5-8H,9-10H2,1-4H3,(H,17,22)/t16-/m0/s1. The van der Waals surface area contributed by atoms with Crippen LogP contribution in [0, 0.1) is 0 Å².